The minimum absolute atomic E-state index is 0.302. The Morgan fingerprint density at radius 1 is 1.03 bits per heavy atom. The van der Waals surface area contributed by atoms with Gasteiger partial charge in [0, 0.05) is 29.2 Å². The van der Waals surface area contributed by atoms with Crippen LogP contribution >= 0.6 is 11.3 Å². The van der Waals surface area contributed by atoms with E-state index in [9.17, 15) is 4.79 Å². The monoisotopic (exact) mass is 430 g/mol. The van der Waals surface area contributed by atoms with Crippen LogP contribution in [0.4, 0.5) is 5.82 Å². The summed E-state index contributed by atoms with van der Waals surface area (Å²) in [4.78, 5) is 25.4. The highest BCUT2D eigenvalue weighted by molar-refractivity contribution is 7.13. The number of aromatic nitrogens is 3. The van der Waals surface area contributed by atoms with E-state index in [0.717, 1.165) is 27.4 Å². The number of hydrogen-bond acceptors (Lipinski definition) is 7. The Morgan fingerprint density at radius 2 is 1.81 bits per heavy atom. The number of rotatable bonds is 7. The van der Waals surface area contributed by atoms with Crippen LogP contribution in [-0.4, -0.2) is 27.5 Å². The molecular formula is C24H22N4O2S. The third-order valence-electron chi connectivity index (χ3n) is 4.64. The lowest BCUT2D eigenvalue weighted by molar-refractivity contribution is 0.0526. The van der Waals surface area contributed by atoms with Crippen LogP contribution in [0.1, 0.15) is 28.7 Å². The second-order valence-corrected chi connectivity index (χ2v) is 7.71. The lowest BCUT2D eigenvalue weighted by Gasteiger charge is -2.11. The van der Waals surface area contributed by atoms with Crippen molar-refractivity contribution in [3.8, 4) is 21.8 Å². The van der Waals surface area contributed by atoms with Crippen molar-refractivity contribution >= 4 is 23.1 Å². The van der Waals surface area contributed by atoms with E-state index in [4.69, 9.17) is 9.72 Å². The van der Waals surface area contributed by atoms with Gasteiger partial charge in [-0.3, -0.25) is 0 Å². The van der Waals surface area contributed by atoms with E-state index in [0.29, 0.717) is 30.4 Å². The molecule has 0 saturated heterocycles. The summed E-state index contributed by atoms with van der Waals surface area (Å²) in [6.45, 7) is 4.38. The van der Waals surface area contributed by atoms with Gasteiger partial charge in [0.25, 0.3) is 0 Å². The van der Waals surface area contributed by atoms with Crippen molar-refractivity contribution in [2.24, 2.45) is 0 Å². The molecule has 0 saturated carbocycles. The normalized spacial score (nSPS) is 10.6. The number of nitrogens with one attached hydrogen (secondary N) is 1. The molecule has 0 radical (unpaired) electrons. The third-order valence-corrected chi connectivity index (χ3v) is 5.53. The van der Waals surface area contributed by atoms with Crippen molar-refractivity contribution in [3.05, 3.63) is 83.1 Å². The summed E-state index contributed by atoms with van der Waals surface area (Å²) in [6.07, 6.45) is 1.50. The summed E-state index contributed by atoms with van der Waals surface area (Å²) in [6, 6.07) is 18.4. The molecule has 0 unspecified atom stereocenters. The first-order chi connectivity index (χ1) is 15.1. The lowest BCUT2D eigenvalue weighted by atomic mass is 10.1. The first-order valence-corrected chi connectivity index (χ1v) is 10.9. The van der Waals surface area contributed by atoms with Crippen molar-refractivity contribution < 1.29 is 9.53 Å². The van der Waals surface area contributed by atoms with Crippen molar-refractivity contribution in [3.63, 3.8) is 0 Å². The van der Waals surface area contributed by atoms with Gasteiger partial charge < -0.3 is 10.1 Å². The highest BCUT2D eigenvalue weighted by Gasteiger charge is 2.15. The van der Waals surface area contributed by atoms with Gasteiger partial charge in [0.2, 0.25) is 0 Å². The maximum atomic E-state index is 12.1. The lowest BCUT2D eigenvalue weighted by Crippen LogP contribution is -2.13. The quantitative estimate of drug-likeness (QED) is 0.398. The summed E-state index contributed by atoms with van der Waals surface area (Å²) in [5, 5.41) is 6.29. The highest BCUT2D eigenvalue weighted by atomic mass is 32.1. The van der Waals surface area contributed by atoms with E-state index in [1.807, 2.05) is 30.3 Å². The Bertz CT molecular complexity index is 1170. The molecule has 0 aliphatic carbocycles. The molecule has 4 aromatic rings. The van der Waals surface area contributed by atoms with E-state index in [1.54, 1.807) is 25.2 Å². The van der Waals surface area contributed by atoms with Crippen LogP contribution in [0.5, 0.6) is 0 Å². The molecule has 2 heterocycles. The van der Waals surface area contributed by atoms with Crippen LogP contribution in [0, 0.1) is 6.92 Å². The Labute approximate surface area is 185 Å². The molecule has 1 N–H and O–H groups in total. The molecule has 0 atom stereocenters. The van der Waals surface area contributed by atoms with Crippen LogP contribution in [0.25, 0.3) is 21.8 Å². The Morgan fingerprint density at radius 3 is 2.55 bits per heavy atom. The number of esters is 1. The first kappa shape index (κ1) is 20.7. The van der Waals surface area contributed by atoms with Gasteiger partial charge in [-0.2, -0.15) is 0 Å². The van der Waals surface area contributed by atoms with Crippen molar-refractivity contribution in [2.45, 2.75) is 20.4 Å². The Balaban J connectivity index is 1.46. The molecule has 31 heavy (non-hydrogen) atoms. The van der Waals surface area contributed by atoms with Gasteiger partial charge >= 0.3 is 5.97 Å². The number of thiazole rings is 1. The van der Waals surface area contributed by atoms with Crippen molar-refractivity contribution in [2.75, 3.05) is 11.9 Å². The predicted octanol–water partition coefficient (Wildman–Crippen LogP) is 5.36. The van der Waals surface area contributed by atoms with Crippen molar-refractivity contribution in [1.82, 2.24) is 15.0 Å². The maximum Gasteiger partial charge on any atom is 0.343 e. The van der Waals surface area contributed by atoms with Gasteiger partial charge in [-0.05, 0) is 19.4 Å². The number of carbonyl (C=O) groups is 1. The fraction of sp³-hybridized carbons (Fsp3) is 0.167. The topological polar surface area (TPSA) is 77.0 Å². The van der Waals surface area contributed by atoms with E-state index in [1.165, 1.54) is 6.20 Å². The number of anilines is 1. The maximum absolute atomic E-state index is 12.1. The Kier molecular flexibility index (Phi) is 6.33. The average molecular weight is 431 g/mol. The minimum atomic E-state index is -0.432. The molecule has 2 aromatic heterocycles. The molecule has 0 amide bonds. The van der Waals surface area contributed by atoms with Crippen LogP contribution in [-0.2, 0) is 11.3 Å². The zero-order valence-electron chi connectivity index (χ0n) is 17.3. The largest absolute Gasteiger partial charge is 0.462 e. The molecule has 0 spiro atoms. The zero-order valence-corrected chi connectivity index (χ0v) is 18.1. The van der Waals surface area contributed by atoms with Gasteiger partial charge in [0.05, 0.1) is 12.3 Å². The SMILES string of the molecule is CCOC(=O)c1cnc(C)nc1NCc1ccc(-c2nc(-c3ccccc3)cs2)cc1. The number of hydrogen-bond donors (Lipinski definition) is 1. The van der Waals surface area contributed by atoms with Crippen molar-refractivity contribution in [1.29, 1.82) is 0 Å². The zero-order chi connectivity index (χ0) is 21.6. The van der Waals surface area contributed by atoms with Gasteiger partial charge in [-0.15, -0.1) is 11.3 Å². The van der Waals surface area contributed by atoms with E-state index >= 15 is 0 Å². The molecule has 0 fully saturated rings. The molecule has 2 aromatic carbocycles. The fourth-order valence-electron chi connectivity index (χ4n) is 3.06. The molecule has 4 rings (SSSR count). The van der Waals surface area contributed by atoms with Crippen LogP contribution in [0.15, 0.2) is 66.2 Å². The van der Waals surface area contributed by atoms with E-state index < -0.39 is 5.97 Å². The number of carbonyl (C=O) groups excluding carboxylic acids is 1. The summed E-state index contributed by atoms with van der Waals surface area (Å²) in [5.74, 6) is 0.629. The van der Waals surface area contributed by atoms with Crippen LogP contribution < -0.4 is 5.32 Å². The minimum Gasteiger partial charge on any atom is -0.462 e. The molecule has 7 heteroatoms. The highest BCUT2D eigenvalue weighted by Crippen LogP contribution is 2.29. The molecule has 0 aliphatic heterocycles. The van der Waals surface area contributed by atoms with Gasteiger partial charge in [-0.25, -0.2) is 19.7 Å². The van der Waals surface area contributed by atoms with E-state index in [2.05, 4.69) is 44.9 Å². The fourth-order valence-corrected chi connectivity index (χ4v) is 3.90. The standard InChI is InChI=1S/C24H22N4O2S/c1-3-30-24(29)20-14-25-16(2)27-22(20)26-13-17-9-11-19(12-10-17)23-28-21(15-31-23)18-7-5-4-6-8-18/h4-12,14-15H,3,13H2,1-2H3,(H,25,26,27). The van der Waals surface area contributed by atoms with Crippen LogP contribution in [0.3, 0.4) is 0 Å². The smallest absolute Gasteiger partial charge is 0.343 e. The average Bonchev–Trinajstić information content (AvgIpc) is 3.29. The van der Waals surface area contributed by atoms with Crippen LogP contribution in [0.2, 0.25) is 0 Å². The number of ether oxygens (including phenoxy) is 1. The summed E-state index contributed by atoms with van der Waals surface area (Å²) < 4.78 is 5.09. The third kappa shape index (κ3) is 4.95. The number of nitrogens with zero attached hydrogens (tertiary/aromatic N) is 3. The summed E-state index contributed by atoms with van der Waals surface area (Å²) >= 11 is 1.63. The molecule has 156 valence electrons. The molecule has 6 nitrogen and oxygen atoms in total. The second kappa shape index (κ2) is 9.49. The first-order valence-electron chi connectivity index (χ1n) is 9.99. The number of benzene rings is 2. The molecule has 0 bridgehead atoms. The second-order valence-electron chi connectivity index (χ2n) is 6.85. The molecule has 0 aliphatic rings. The van der Waals surface area contributed by atoms with Gasteiger partial charge in [0.1, 0.15) is 22.2 Å². The summed E-state index contributed by atoms with van der Waals surface area (Å²) in [5.41, 5.74) is 4.57. The Hall–Kier alpha value is -3.58. The van der Waals surface area contributed by atoms with E-state index in [-0.39, 0.29) is 0 Å². The number of aryl methyl sites for hydroxylation is 1. The predicted molar refractivity (Wildman–Crippen MR) is 123 cm³/mol. The van der Waals surface area contributed by atoms with Gasteiger partial charge in [-0.1, -0.05) is 54.6 Å². The van der Waals surface area contributed by atoms with Gasteiger partial charge in [0.15, 0.2) is 0 Å². The summed E-state index contributed by atoms with van der Waals surface area (Å²) in [7, 11) is 0. The molecular weight excluding hydrogens is 408 g/mol.